The molecule has 0 unspecified atom stereocenters. The van der Waals surface area contributed by atoms with Crippen molar-refractivity contribution in [1.82, 2.24) is 5.32 Å². The van der Waals surface area contributed by atoms with E-state index in [0.717, 1.165) is 5.56 Å². The highest BCUT2D eigenvalue weighted by atomic mass is 35.5. The Labute approximate surface area is 181 Å². The smallest absolute Gasteiger partial charge is 0.336 e. The van der Waals surface area contributed by atoms with E-state index < -0.39 is 5.97 Å². The Kier molecular flexibility index (Phi) is 5.48. The fraction of sp³-hybridized carbons (Fsp3) is 0.0455. The van der Waals surface area contributed by atoms with Crippen LogP contribution in [0.3, 0.4) is 0 Å². The van der Waals surface area contributed by atoms with Gasteiger partial charge in [0, 0.05) is 16.7 Å². The van der Waals surface area contributed by atoms with Crippen molar-refractivity contribution >= 4 is 52.2 Å². The van der Waals surface area contributed by atoms with Gasteiger partial charge in [0.05, 0.1) is 16.2 Å². The number of amides is 1. The van der Waals surface area contributed by atoms with Crippen LogP contribution in [-0.2, 0) is 4.79 Å². The van der Waals surface area contributed by atoms with Crippen LogP contribution in [0.5, 0.6) is 0 Å². The van der Waals surface area contributed by atoms with Crippen LogP contribution >= 0.6 is 23.4 Å². The number of amidine groups is 1. The van der Waals surface area contributed by atoms with Gasteiger partial charge in [-0.3, -0.25) is 4.79 Å². The molecule has 1 amide bonds. The lowest BCUT2D eigenvalue weighted by Crippen LogP contribution is -2.19. The lowest BCUT2D eigenvalue weighted by molar-refractivity contribution is -0.115. The normalized spacial score (nSPS) is 16.3. The van der Waals surface area contributed by atoms with Gasteiger partial charge in [0.2, 0.25) is 0 Å². The average molecular weight is 439 g/mol. The standard InChI is InChI=1S/C22H15ClN2O4S/c1-12-16(23)7-4-8-17(12)24-22-25-20(26)19(30-22)11-13-9-10-18(29-13)14-5-2-3-6-15(14)21(27)28/h2-11H,1H3,(H,27,28)(H,24,25,26). The monoisotopic (exact) mass is 438 g/mol. The quantitative estimate of drug-likeness (QED) is 0.525. The van der Waals surface area contributed by atoms with Crippen LogP contribution in [-0.4, -0.2) is 22.2 Å². The summed E-state index contributed by atoms with van der Waals surface area (Å²) in [5.74, 6) is -0.484. The largest absolute Gasteiger partial charge is 0.478 e. The molecule has 1 aliphatic rings. The summed E-state index contributed by atoms with van der Waals surface area (Å²) in [6, 6.07) is 15.3. The van der Waals surface area contributed by atoms with Crippen molar-refractivity contribution in [3.8, 4) is 11.3 Å². The summed E-state index contributed by atoms with van der Waals surface area (Å²) in [4.78, 5) is 28.6. The maximum Gasteiger partial charge on any atom is 0.336 e. The number of hydrogen-bond donors (Lipinski definition) is 2. The Morgan fingerprint density at radius 3 is 2.77 bits per heavy atom. The zero-order valence-corrected chi connectivity index (χ0v) is 17.3. The average Bonchev–Trinajstić information content (AvgIpc) is 3.32. The van der Waals surface area contributed by atoms with Gasteiger partial charge in [-0.15, -0.1) is 0 Å². The van der Waals surface area contributed by atoms with Gasteiger partial charge in [-0.05, 0) is 54.6 Å². The number of nitrogens with one attached hydrogen (secondary N) is 1. The number of aromatic carboxylic acids is 1. The van der Waals surface area contributed by atoms with Crippen LogP contribution in [0, 0.1) is 6.92 Å². The van der Waals surface area contributed by atoms with Crippen molar-refractivity contribution in [1.29, 1.82) is 0 Å². The molecule has 0 saturated carbocycles. The van der Waals surface area contributed by atoms with Crippen molar-refractivity contribution in [3.63, 3.8) is 0 Å². The first-order valence-corrected chi connectivity index (χ1v) is 10.1. The molecule has 3 aromatic rings. The zero-order chi connectivity index (χ0) is 21.3. The number of aliphatic imine (C=N–C) groups is 1. The number of carbonyl (C=O) groups excluding carboxylic acids is 1. The first kappa shape index (κ1) is 20.0. The molecular weight excluding hydrogens is 424 g/mol. The van der Waals surface area contributed by atoms with E-state index >= 15 is 0 Å². The van der Waals surface area contributed by atoms with E-state index in [9.17, 15) is 14.7 Å². The molecular formula is C22H15ClN2O4S. The maximum atomic E-state index is 12.3. The van der Waals surface area contributed by atoms with Crippen LogP contribution in [0.2, 0.25) is 5.02 Å². The molecule has 2 heterocycles. The summed E-state index contributed by atoms with van der Waals surface area (Å²) in [6.45, 7) is 1.86. The summed E-state index contributed by atoms with van der Waals surface area (Å²) < 4.78 is 5.77. The number of thioether (sulfide) groups is 1. The first-order chi connectivity index (χ1) is 14.4. The molecule has 2 N–H and O–H groups in total. The first-order valence-electron chi connectivity index (χ1n) is 8.89. The minimum atomic E-state index is -1.04. The molecule has 0 radical (unpaired) electrons. The van der Waals surface area contributed by atoms with Gasteiger partial charge in [0.1, 0.15) is 11.5 Å². The number of carboxylic acid groups (broad SMARTS) is 1. The number of rotatable bonds is 4. The molecule has 0 atom stereocenters. The Bertz CT molecular complexity index is 1230. The van der Waals surface area contributed by atoms with E-state index in [4.69, 9.17) is 16.0 Å². The van der Waals surface area contributed by atoms with Crippen molar-refractivity contribution in [2.45, 2.75) is 6.92 Å². The Hall–Kier alpha value is -3.29. The predicted octanol–water partition coefficient (Wildman–Crippen LogP) is 5.50. The highest BCUT2D eigenvalue weighted by Gasteiger charge is 2.25. The molecule has 4 rings (SSSR count). The van der Waals surface area contributed by atoms with Crippen molar-refractivity contribution in [2.24, 2.45) is 4.99 Å². The molecule has 1 aromatic heterocycles. The van der Waals surface area contributed by atoms with Crippen LogP contribution in [0.1, 0.15) is 21.7 Å². The molecule has 1 saturated heterocycles. The minimum Gasteiger partial charge on any atom is -0.478 e. The van der Waals surface area contributed by atoms with Crippen molar-refractivity contribution in [3.05, 3.63) is 81.4 Å². The summed E-state index contributed by atoms with van der Waals surface area (Å²) in [7, 11) is 0. The lowest BCUT2D eigenvalue weighted by atomic mass is 10.1. The second-order valence-electron chi connectivity index (χ2n) is 6.42. The molecule has 0 aliphatic carbocycles. The van der Waals surface area contributed by atoms with Crippen molar-refractivity contribution < 1.29 is 19.1 Å². The van der Waals surface area contributed by atoms with E-state index in [1.807, 2.05) is 13.0 Å². The number of halogens is 1. The summed E-state index contributed by atoms with van der Waals surface area (Å²) >= 11 is 7.31. The molecule has 0 spiro atoms. The molecule has 2 aromatic carbocycles. The lowest BCUT2D eigenvalue weighted by Gasteiger charge is -2.02. The fourth-order valence-corrected chi connectivity index (χ4v) is 3.88. The Balaban J connectivity index is 1.60. The second-order valence-corrected chi connectivity index (χ2v) is 7.86. The number of hydrogen-bond acceptors (Lipinski definition) is 5. The predicted molar refractivity (Wildman–Crippen MR) is 118 cm³/mol. The zero-order valence-electron chi connectivity index (χ0n) is 15.7. The van der Waals surface area contributed by atoms with Gasteiger partial charge in [-0.25, -0.2) is 9.79 Å². The molecule has 30 heavy (non-hydrogen) atoms. The van der Waals surface area contributed by atoms with Gasteiger partial charge in [0.15, 0.2) is 5.17 Å². The molecule has 8 heteroatoms. The molecule has 150 valence electrons. The molecule has 0 bridgehead atoms. The van der Waals surface area contributed by atoms with Gasteiger partial charge in [0.25, 0.3) is 5.91 Å². The third kappa shape index (κ3) is 4.03. The number of benzene rings is 2. The summed E-state index contributed by atoms with van der Waals surface area (Å²) in [5.41, 5.74) is 2.12. The number of carboxylic acids is 1. The number of carbonyl (C=O) groups is 2. The van der Waals surface area contributed by atoms with Crippen LogP contribution in [0.25, 0.3) is 17.4 Å². The summed E-state index contributed by atoms with van der Waals surface area (Å²) in [6.07, 6.45) is 1.60. The van der Waals surface area contributed by atoms with Crippen LogP contribution in [0.4, 0.5) is 5.69 Å². The highest BCUT2D eigenvalue weighted by molar-refractivity contribution is 8.18. The minimum absolute atomic E-state index is 0.144. The summed E-state index contributed by atoms with van der Waals surface area (Å²) in [5, 5.41) is 13.1. The Morgan fingerprint density at radius 1 is 1.17 bits per heavy atom. The second kappa shape index (κ2) is 8.22. The van der Waals surface area contributed by atoms with Gasteiger partial charge >= 0.3 is 5.97 Å². The Morgan fingerprint density at radius 2 is 1.97 bits per heavy atom. The topological polar surface area (TPSA) is 91.9 Å². The molecule has 1 aliphatic heterocycles. The van der Waals surface area contributed by atoms with Gasteiger partial charge < -0.3 is 14.8 Å². The van der Waals surface area contributed by atoms with E-state index in [-0.39, 0.29) is 11.5 Å². The fourth-order valence-electron chi connectivity index (χ4n) is 2.90. The van der Waals surface area contributed by atoms with E-state index in [1.54, 1.807) is 48.5 Å². The number of furan rings is 1. The van der Waals surface area contributed by atoms with Gasteiger partial charge in [-0.2, -0.15) is 0 Å². The maximum absolute atomic E-state index is 12.3. The van der Waals surface area contributed by atoms with Crippen LogP contribution < -0.4 is 5.32 Å². The van der Waals surface area contributed by atoms with Gasteiger partial charge in [-0.1, -0.05) is 35.9 Å². The highest BCUT2D eigenvalue weighted by Crippen LogP contribution is 2.32. The SMILES string of the molecule is Cc1c(Cl)cccc1N=C1NC(=O)C(=Cc2ccc(-c3ccccc3C(=O)O)o2)S1. The molecule has 1 fully saturated rings. The third-order valence-electron chi connectivity index (χ3n) is 4.44. The van der Waals surface area contributed by atoms with E-state index in [2.05, 4.69) is 10.3 Å². The van der Waals surface area contributed by atoms with E-state index in [0.29, 0.717) is 37.9 Å². The molecule has 6 nitrogen and oxygen atoms in total. The number of nitrogens with zero attached hydrogens (tertiary/aromatic N) is 1. The van der Waals surface area contributed by atoms with Crippen LogP contribution in [0.15, 0.2) is 68.9 Å². The third-order valence-corrected chi connectivity index (χ3v) is 5.75. The van der Waals surface area contributed by atoms with Crippen molar-refractivity contribution in [2.75, 3.05) is 0 Å². The van der Waals surface area contributed by atoms with E-state index in [1.165, 1.54) is 17.8 Å².